The Balaban J connectivity index is 1.36. The maximum Gasteiger partial charge on any atom is 0.115 e. The van der Waals surface area contributed by atoms with Crippen molar-refractivity contribution in [2.75, 3.05) is 0 Å². The summed E-state index contributed by atoms with van der Waals surface area (Å²) in [6, 6.07) is 50.6. The summed E-state index contributed by atoms with van der Waals surface area (Å²) in [4.78, 5) is 0. The maximum atomic E-state index is 7.08. The molecular formula is C44H24B4N2. The first kappa shape index (κ1) is 29.1. The van der Waals surface area contributed by atoms with Gasteiger partial charge in [-0.15, -0.1) is 0 Å². The van der Waals surface area contributed by atoms with E-state index in [1.165, 1.54) is 21.5 Å². The standard InChI is InChI=1S/C44H24B4N2/c45-39-38(30-19-10-13-25-11-4-6-16-28(25)30)40(46)42(48)44(41(39)47)50-33-20-9-8-18-31(33)37-35(50)24-22-32-36-29-17-7-5-12-26(29)21-23-34(36)49(43(32)37)27-14-2-1-3-15-27/h1-24H. The zero-order valence-corrected chi connectivity index (χ0v) is 27.1. The van der Waals surface area contributed by atoms with Gasteiger partial charge in [-0.3, -0.25) is 0 Å². The van der Waals surface area contributed by atoms with Crippen LogP contribution in [0.25, 0.3) is 87.7 Å². The summed E-state index contributed by atoms with van der Waals surface area (Å²) in [7, 11) is 28.1. The highest BCUT2D eigenvalue weighted by Crippen LogP contribution is 2.43. The molecule has 8 radical (unpaired) electrons. The fraction of sp³-hybridized carbons (Fsp3) is 0. The van der Waals surface area contributed by atoms with Gasteiger partial charge < -0.3 is 9.13 Å². The van der Waals surface area contributed by atoms with E-state index in [0.29, 0.717) is 33.1 Å². The summed E-state index contributed by atoms with van der Waals surface area (Å²) in [5.41, 5.74) is 8.96. The van der Waals surface area contributed by atoms with Crippen molar-refractivity contribution in [2.24, 2.45) is 0 Å². The van der Waals surface area contributed by atoms with Gasteiger partial charge in [0.05, 0.1) is 22.1 Å². The molecule has 0 saturated carbocycles. The molecule has 0 atom stereocenters. The number of hydrogen-bond donors (Lipinski definition) is 0. The maximum absolute atomic E-state index is 7.08. The highest BCUT2D eigenvalue weighted by atomic mass is 15.0. The van der Waals surface area contributed by atoms with Gasteiger partial charge in [0.2, 0.25) is 0 Å². The average Bonchev–Trinajstić information content (AvgIpc) is 3.68. The lowest BCUT2D eigenvalue weighted by atomic mass is 9.64. The van der Waals surface area contributed by atoms with E-state index in [0.717, 1.165) is 54.9 Å². The summed E-state index contributed by atoms with van der Waals surface area (Å²) < 4.78 is 4.52. The molecule has 0 aliphatic carbocycles. The number of rotatable bonds is 3. The average molecular weight is 624 g/mol. The van der Waals surface area contributed by atoms with E-state index in [9.17, 15) is 0 Å². The van der Waals surface area contributed by atoms with Crippen LogP contribution in [0.15, 0.2) is 146 Å². The molecule has 0 amide bonds. The molecule has 0 aliphatic rings. The Hall–Kier alpha value is -5.86. The molecule has 0 unspecified atom stereocenters. The van der Waals surface area contributed by atoms with Gasteiger partial charge in [-0.05, 0) is 63.0 Å². The lowest BCUT2D eigenvalue weighted by molar-refractivity contribution is 1.18. The van der Waals surface area contributed by atoms with E-state index in [1.54, 1.807) is 0 Å². The zero-order valence-electron chi connectivity index (χ0n) is 27.1. The van der Waals surface area contributed by atoms with E-state index >= 15 is 0 Å². The SMILES string of the molecule is [B]c1c([B])c(-n2c3ccccc3c3c2ccc2c4c5ccccc5ccc4n(-c4ccccc4)c23)c([B])c([B])c1-c1cccc2ccccc12. The van der Waals surface area contributed by atoms with E-state index < -0.39 is 0 Å². The Morgan fingerprint density at radius 1 is 0.360 bits per heavy atom. The van der Waals surface area contributed by atoms with Gasteiger partial charge in [0.15, 0.2) is 0 Å². The minimum absolute atomic E-state index is 0.386. The van der Waals surface area contributed by atoms with Crippen LogP contribution in [0.4, 0.5) is 0 Å². The highest BCUT2D eigenvalue weighted by molar-refractivity contribution is 6.62. The van der Waals surface area contributed by atoms with E-state index in [4.69, 9.17) is 31.4 Å². The molecule has 50 heavy (non-hydrogen) atoms. The molecule has 6 heteroatoms. The molecule has 2 aromatic heterocycles. The van der Waals surface area contributed by atoms with Crippen molar-refractivity contribution in [3.63, 3.8) is 0 Å². The lowest BCUT2D eigenvalue weighted by Gasteiger charge is -2.25. The molecular weight excluding hydrogens is 600 g/mol. The van der Waals surface area contributed by atoms with Crippen molar-refractivity contribution in [2.45, 2.75) is 0 Å². The first-order valence-corrected chi connectivity index (χ1v) is 16.7. The monoisotopic (exact) mass is 624 g/mol. The molecule has 0 spiro atoms. The van der Waals surface area contributed by atoms with Crippen LogP contribution in [-0.2, 0) is 0 Å². The predicted molar refractivity (Wildman–Crippen MR) is 217 cm³/mol. The molecule has 0 aliphatic heterocycles. The summed E-state index contributed by atoms with van der Waals surface area (Å²) in [5.74, 6) is 0. The summed E-state index contributed by atoms with van der Waals surface area (Å²) in [6.45, 7) is 0. The largest absolute Gasteiger partial charge is 0.310 e. The third kappa shape index (κ3) is 3.91. The van der Waals surface area contributed by atoms with Gasteiger partial charge in [0, 0.05) is 32.9 Å². The summed E-state index contributed by atoms with van der Waals surface area (Å²) in [5, 5.41) is 9.08. The third-order valence-corrected chi connectivity index (χ3v) is 10.4. The first-order valence-electron chi connectivity index (χ1n) is 16.7. The molecule has 10 rings (SSSR count). The number of aromatic nitrogens is 2. The second-order valence-electron chi connectivity index (χ2n) is 13.0. The van der Waals surface area contributed by atoms with Crippen LogP contribution in [0.5, 0.6) is 0 Å². The van der Waals surface area contributed by atoms with Gasteiger partial charge >= 0.3 is 0 Å². The van der Waals surface area contributed by atoms with Crippen LogP contribution < -0.4 is 21.9 Å². The smallest absolute Gasteiger partial charge is 0.115 e. The van der Waals surface area contributed by atoms with Gasteiger partial charge in [0.1, 0.15) is 31.4 Å². The number of nitrogens with zero attached hydrogens (tertiary/aromatic N) is 2. The van der Waals surface area contributed by atoms with E-state index in [-0.39, 0.29) is 0 Å². The Morgan fingerprint density at radius 2 is 0.940 bits per heavy atom. The number of benzene rings is 8. The molecule has 8 aromatic carbocycles. The van der Waals surface area contributed by atoms with E-state index in [1.807, 2.05) is 30.3 Å². The molecule has 0 saturated heterocycles. The fourth-order valence-corrected chi connectivity index (χ4v) is 8.20. The third-order valence-electron chi connectivity index (χ3n) is 10.4. The Bertz CT molecular complexity index is 2990. The van der Waals surface area contributed by atoms with Crippen molar-refractivity contribution in [3.8, 4) is 22.5 Å². The Labute approximate surface area is 294 Å². The van der Waals surface area contributed by atoms with Gasteiger partial charge in [0.25, 0.3) is 0 Å². The number of fused-ring (bicyclic) bond motifs is 10. The molecule has 10 aromatic rings. The highest BCUT2D eigenvalue weighted by Gasteiger charge is 2.24. The molecule has 222 valence electrons. The normalized spacial score (nSPS) is 11.9. The van der Waals surface area contributed by atoms with Crippen LogP contribution in [0.3, 0.4) is 0 Å². The van der Waals surface area contributed by atoms with Crippen molar-refractivity contribution >= 4 is 118 Å². The minimum Gasteiger partial charge on any atom is -0.310 e. The molecule has 0 N–H and O–H groups in total. The van der Waals surface area contributed by atoms with Gasteiger partial charge in [-0.25, -0.2) is 0 Å². The molecule has 0 bridgehead atoms. The topological polar surface area (TPSA) is 9.86 Å². The quantitative estimate of drug-likeness (QED) is 0.187. The van der Waals surface area contributed by atoms with E-state index in [2.05, 4.69) is 124 Å². The zero-order chi connectivity index (χ0) is 33.7. The molecule has 2 heterocycles. The Kier molecular flexibility index (Phi) is 6.30. The van der Waals surface area contributed by atoms with Crippen molar-refractivity contribution in [3.05, 3.63) is 146 Å². The van der Waals surface area contributed by atoms with Gasteiger partial charge in [-0.2, -0.15) is 0 Å². The number of hydrogen-bond acceptors (Lipinski definition) is 0. The Morgan fingerprint density at radius 3 is 1.70 bits per heavy atom. The van der Waals surface area contributed by atoms with Crippen molar-refractivity contribution in [1.29, 1.82) is 0 Å². The second kappa shape index (κ2) is 10.8. The second-order valence-corrected chi connectivity index (χ2v) is 13.0. The van der Waals surface area contributed by atoms with Crippen LogP contribution >= 0.6 is 0 Å². The minimum atomic E-state index is 0.386. The van der Waals surface area contributed by atoms with Crippen molar-refractivity contribution in [1.82, 2.24) is 9.13 Å². The van der Waals surface area contributed by atoms with Crippen LogP contribution in [-0.4, -0.2) is 40.5 Å². The predicted octanol–water partition coefficient (Wildman–Crippen LogP) is 7.03. The van der Waals surface area contributed by atoms with Crippen molar-refractivity contribution < 1.29 is 0 Å². The van der Waals surface area contributed by atoms with Crippen LogP contribution in [0.1, 0.15) is 0 Å². The summed E-state index contributed by atoms with van der Waals surface area (Å²) >= 11 is 0. The summed E-state index contributed by atoms with van der Waals surface area (Å²) in [6.07, 6.45) is 0. The fourth-order valence-electron chi connectivity index (χ4n) is 8.20. The van der Waals surface area contributed by atoms with Crippen LogP contribution in [0, 0.1) is 0 Å². The first-order chi connectivity index (χ1) is 24.5. The number of para-hydroxylation sites is 2. The van der Waals surface area contributed by atoms with Gasteiger partial charge in [-0.1, -0.05) is 137 Å². The van der Waals surface area contributed by atoms with Crippen LogP contribution in [0.2, 0.25) is 0 Å². The lowest BCUT2D eigenvalue weighted by Crippen LogP contribution is -2.46. The molecule has 2 nitrogen and oxygen atoms in total. The molecule has 0 fully saturated rings.